The lowest BCUT2D eigenvalue weighted by molar-refractivity contribution is 0.272. The predicted molar refractivity (Wildman–Crippen MR) is 81.0 cm³/mol. The van der Waals surface area contributed by atoms with Crippen LogP contribution in [0.15, 0.2) is 59.3 Å². The van der Waals surface area contributed by atoms with Crippen LogP contribution in [0.4, 0.5) is 0 Å². The minimum atomic E-state index is 0.364. The summed E-state index contributed by atoms with van der Waals surface area (Å²) in [6.45, 7) is 0.859. The smallest absolute Gasteiger partial charge is 0.168 e. The summed E-state index contributed by atoms with van der Waals surface area (Å²) in [6, 6.07) is 15.7. The summed E-state index contributed by atoms with van der Waals surface area (Å²) in [6.07, 6.45) is 3.30. The Bertz CT molecular complexity index is 678. The van der Waals surface area contributed by atoms with Crippen molar-refractivity contribution in [2.24, 2.45) is 5.16 Å². The highest BCUT2D eigenvalue weighted by molar-refractivity contribution is 5.87. The van der Waals surface area contributed by atoms with E-state index in [9.17, 15) is 0 Å². The second-order valence-electron chi connectivity index (χ2n) is 4.70. The zero-order valence-electron chi connectivity index (χ0n) is 11.4. The molecule has 2 aromatic carbocycles. The predicted octanol–water partition coefficient (Wildman–Crippen LogP) is 3.50. The molecular formula is C17H15NO3. The second-order valence-corrected chi connectivity index (χ2v) is 4.70. The van der Waals surface area contributed by atoms with Gasteiger partial charge in [0.15, 0.2) is 11.5 Å². The molecule has 4 nitrogen and oxygen atoms in total. The van der Waals surface area contributed by atoms with Gasteiger partial charge in [0.1, 0.15) is 13.2 Å². The average molecular weight is 281 g/mol. The fourth-order valence-electron chi connectivity index (χ4n) is 2.20. The molecule has 1 heterocycles. The number of hydrogen-bond acceptors (Lipinski definition) is 4. The Kier molecular flexibility index (Phi) is 3.87. The summed E-state index contributed by atoms with van der Waals surface area (Å²) in [4.78, 5) is 0. The molecule has 3 rings (SSSR count). The van der Waals surface area contributed by atoms with E-state index in [0.29, 0.717) is 19.0 Å². The van der Waals surface area contributed by atoms with Gasteiger partial charge >= 0.3 is 0 Å². The SMILES string of the molecule is O/N=C/C1=Cc2cccc(OCc3ccccc3)c2OC1. The van der Waals surface area contributed by atoms with E-state index in [1.165, 1.54) is 6.21 Å². The van der Waals surface area contributed by atoms with Gasteiger partial charge in [0.2, 0.25) is 0 Å². The highest BCUT2D eigenvalue weighted by Gasteiger charge is 2.15. The Morgan fingerprint density at radius 2 is 2.00 bits per heavy atom. The number of fused-ring (bicyclic) bond motifs is 1. The van der Waals surface area contributed by atoms with Crippen LogP contribution in [0.2, 0.25) is 0 Å². The Morgan fingerprint density at radius 3 is 2.81 bits per heavy atom. The summed E-state index contributed by atoms with van der Waals surface area (Å²) >= 11 is 0. The molecule has 0 fully saturated rings. The Morgan fingerprint density at radius 1 is 1.14 bits per heavy atom. The molecule has 0 saturated carbocycles. The first-order valence-corrected chi connectivity index (χ1v) is 6.67. The van der Waals surface area contributed by atoms with Gasteiger partial charge in [0, 0.05) is 11.1 Å². The molecule has 4 heteroatoms. The van der Waals surface area contributed by atoms with Crippen LogP contribution in [0, 0.1) is 0 Å². The first-order chi connectivity index (χ1) is 10.4. The maximum atomic E-state index is 8.58. The van der Waals surface area contributed by atoms with Crippen molar-refractivity contribution in [1.82, 2.24) is 0 Å². The molecule has 1 aliphatic heterocycles. The van der Waals surface area contributed by atoms with Crippen LogP contribution in [0.25, 0.3) is 6.08 Å². The monoisotopic (exact) mass is 281 g/mol. The fourth-order valence-corrected chi connectivity index (χ4v) is 2.20. The molecule has 0 spiro atoms. The van der Waals surface area contributed by atoms with E-state index in [0.717, 1.165) is 22.4 Å². The summed E-state index contributed by atoms with van der Waals surface area (Å²) in [5.41, 5.74) is 2.83. The molecule has 0 atom stereocenters. The van der Waals surface area contributed by atoms with Crippen LogP contribution < -0.4 is 9.47 Å². The van der Waals surface area contributed by atoms with E-state index in [1.54, 1.807) is 0 Å². The number of ether oxygens (including phenoxy) is 2. The lowest BCUT2D eigenvalue weighted by Crippen LogP contribution is -2.09. The molecule has 0 aliphatic carbocycles. The molecule has 106 valence electrons. The molecule has 0 saturated heterocycles. The van der Waals surface area contributed by atoms with Gasteiger partial charge in [-0.3, -0.25) is 0 Å². The van der Waals surface area contributed by atoms with Crippen LogP contribution in [0.1, 0.15) is 11.1 Å². The third-order valence-electron chi connectivity index (χ3n) is 3.19. The van der Waals surface area contributed by atoms with Crippen molar-refractivity contribution in [2.45, 2.75) is 6.61 Å². The Labute approximate surface area is 122 Å². The van der Waals surface area contributed by atoms with Gasteiger partial charge in [-0.1, -0.05) is 47.6 Å². The van der Waals surface area contributed by atoms with Crippen molar-refractivity contribution in [3.05, 3.63) is 65.2 Å². The molecule has 2 aromatic rings. The molecule has 1 N–H and O–H groups in total. The normalized spacial score (nSPS) is 13.4. The highest BCUT2D eigenvalue weighted by atomic mass is 16.5. The maximum absolute atomic E-state index is 8.58. The molecule has 0 aromatic heterocycles. The summed E-state index contributed by atoms with van der Waals surface area (Å²) < 4.78 is 11.6. The van der Waals surface area contributed by atoms with Gasteiger partial charge in [-0.25, -0.2) is 0 Å². The van der Waals surface area contributed by atoms with Gasteiger partial charge in [-0.15, -0.1) is 0 Å². The molecule has 21 heavy (non-hydrogen) atoms. The quantitative estimate of drug-likeness (QED) is 0.530. The lowest BCUT2D eigenvalue weighted by Gasteiger charge is -2.19. The van der Waals surface area contributed by atoms with E-state index in [2.05, 4.69) is 5.16 Å². The minimum absolute atomic E-state index is 0.364. The highest BCUT2D eigenvalue weighted by Crippen LogP contribution is 2.35. The average Bonchev–Trinajstić information content (AvgIpc) is 2.54. The zero-order chi connectivity index (χ0) is 14.5. The standard InChI is InChI=1S/C17H15NO3/c19-18-10-14-9-15-7-4-8-16(17(15)21-12-14)20-11-13-5-2-1-3-6-13/h1-10,19H,11-12H2/b18-10+. The van der Waals surface area contributed by atoms with Crippen LogP contribution in [-0.4, -0.2) is 18.0 Å². The van der Waals surface area contributed by atoms with Crippen LogP contribution in [0.5, 0.6) is 11.5 Å². The topological polar surface area (TPSA) is 51.1 Å². The Balaban J connectivity index is 1.80. The third kappa shape index (κ3) is 3.05. The van der Waals surface area contributed by atoms with Crippen LogP contribution in [0.3, 0.4) is 0 Å². The fraction of sp³-hybridized carbons (Fsp3) is 0.118. The van der Waals surface area contributed by atoms with Gasteiger partial charge in [-0.05, 0) is 17.7 Å². The first-order valence-electron chi connectivity index (χ1n) is 6.67. The minimum Gasteiger partial charge on any atom is -0.485 e. The molecule has 0 radical (unpaired) electrons. The second kappa shape index (κ2) is 6.13. The van der Waals surface area contributed by atoms with Gasteiger partial charge in [0.25, 0.3) is 0 Å². The van der Waals surface area contributed by atoms with Crippen molar-refractivity contribution < 1.29 is 14.7 Å². The van der Waals surface area contributed by atoms with Gasteiger partial charge in [0.05, 0.1) is 6.21 Å². The number of benzene rings is 2. The van der Waals surface area contributed by atoms with E-state index in [1.807, 2.05) is 54.6 Å². The van der Waals surface area contributed by atoms with Crippen LogP contribution in [-0.2, 0) is 6.61 Å². The van der Waals surface area contributed by atoms with E-state index in [4.69, 9.17) is 14.7 Å². The maximum Gasteiger partial charge on any atom is 0.168 e. The summed E-state index contributed by atoms with van der Waals surface area (Å²) in [7, 11) is 0. The molecule has 0 amide bonds. The third-order valence-corrected chi connectivity index (χ3v) is 3.19. The van der Waals surface area contributed by atoms with Crippen LogP contribution >= 0.6 is 0 Å². The van der Waals surface area contributed by atoms with E-state index < -0.39 is 0 Å². The number of oxime groups is 1. The van der Waals surface area contributed by atoms with Crippen molar-refractivity contribution in [3.63, 3.8) is 0 Å². The lowest BCUT2D eigenvalue weighted by atomic mass is 10.1. The number of hydrogen-bond donors (Lipinski definition) is 1. The Hall–Kier alpha value is -2.75. The molecule has 1 aliphatic rings. The van der Waals surface area contributed by atoms with E-state index >= 15 is 0 Å². The van der Waals surface area contributed by atoms with Gasteiger partial charge < -0.3 is 14.7 Å². The number of nitrogens with zero attached hydrogens (tertiary/aromatic N) is 1. The zero-order valence-corrected chi connectivity index (χ0v) is 11.4. The van der Waals surface area contributed by atoms with Crippen molar-refractivity contribution in [2.75, 3.05) is 6.61 Å². The molecule has 0 bridgehead atoms. The number of rotatable bonds is 4. The molecule has 0 unspecified atom stereocenters. The van der Waals surface area contributed by atoms with Crippen molar-refractivity contribution >= 4 is 12.3 Å². The first kappa shape index (κ1) is 13.2. The summed E-state index contributed by atoms with van der Waals surface area (Å²) in [5.74, 6) is 1.44. The molecular weight excluding hydrogens is 266 g/mol. The van der Waals surface area contributed by atoms with Crippen molar-refractivity contribution in [1.29, 1.82) is 0 Å². The van der Waals surface area contributed by atoms with Crippen molar-refractivity contribution in [3.8, 4) is 11.5 Å². The van der Waals surface area contributed by atoms with E-state index in [-0.39, 0.29) is 0 Å². The largest absolute Gasteiger partial charge is 0.485 e. The van der Waals surface area contributed by atoms with Gasteiger partial charge in [-0.2, -0.15) is 0 Å². The number of para-hydroxylation sites is 1. The summed E-state index contributed by atoms with van der Waals surface area (Å²) in [5, 5.41) is 11.6.